The van der Waals surface area contributed by atoms with Crippen molar-refractivity contribution in [3.05, 3.63) is 58.7 Å². The van der Waals surface area contributed by atoms with Crippen molar-refractivity contribution >= 4 is 40.1 Å². The third-order valence-corrected chi connectivity index (χ3v) is 3.95. The SMILES string of the molecule is Cc1ccc(Nc2nc3ccccc3nc2C(=O)OC(C)C)cc1Cl. The van der Waals surface area contributed by atoms with Crippen LogP contribution in [0, 0.1) is 6.92 Å². The van der Waals surface area contributed by atoms with Crippen molar-refractivity contribution in [3.8, 4) is 0 Å². The quantitative estimate of drug-likeness (QED) is 0.674. The van der Waals surface area contributed by atoms with E-state index in [0.717, 1.165) is 11.3 Å². The van der Waals surface area contributed by atoms with Crippen molar-refractivity contribution in [2.24, 2.45) is 0 Å². The van der Waals surface area contributed by atoms with Crippen molar-refractivity contribution in [1.82, 2.24) is 9.97 Å². The summed E-state index contributed by atoms with van der Waals surface area (Å²) in [6.07, 6.45) is -0.248. The Bertz CT molecular complexity index is 941. The van der Waals surface area contributed by atoms with Crippen molar-refractivity contribution in [2.45, 2.75) is 26.9 Å². The highest BCUT2D eigenvalue weighted by Gasteiger charge is 2.19. The number of aryl methyl sites for hydroxylation is 1. The number of halogens is 1. The molecule has 0 spiro atoms. The van der Waals surface area contributed by atoms with Crippen molar-refractivity contribution < 1.29 is 9.53 Å². The molecule has 0 saturated heterocycles. The summed E-state index contributed by atoms with van der Waals surface area (Å²) < 4.78 is 5.30. The molecule has 0 aliphatic carbocycles. The number of carbonyl (C=O) groups excluding carboxylic acids is 1. The van der Waals surface area contributed by atoms with Gasteiger partial charge in [0, 0.05) is 10.7 Å². The molecule has 2 aromatic carbocycles. The number of nitrogens with one attached hydrogen (secondary N) is 1. The van der Waals surface area contributed by atoms with Gasteiger partial charge < -0.3 is 10.1 Å². The van der Waals surface area contributed by atoms with E-state index < -0.39 is 5.97 Å². The largest absolute Gasteiger partial charge is 0.458 e. The van der Waals surface area contributed by atoms with Crippen LogP contribution >= 0.6 is 11.6 Å². The minimum Gasteiger partial charge on any atom is -0.458 e. The molecule has 0 amide bonds. The predicted molar refractivity (Wildman–Crippen MR) is 99.6 cm³/mol. The van der Waals surface area contributed by atoms with E-state index in [1.54, 1.807) is 26.0 Å². The number of fused-ring (bicyclic) bond motifs is 1. The van der Waals surface area contributed by atoms with Gasteiger partial charge in [-0.25, -0.2) is 14.8 Å². The summed E-state index contributed by atoms with van der Waals surface area (Å²) in [6, 6.07) is 12.9. The molecular weight excluding hydrogens is 338 g/mol. The number of aromatic nitrogens is 2. The number of rotatable bonds is 4. The third-order valence-electron chi connectivity index (χ3n) is 3.54. The van der Waals surface area contributed by atoms with Gasteiger partial charge in [0.15, 0.2) is 11.5 Å². The number of nitrogens with zero attached hydrogens (tertiary/aromatic N) is 2. The normalized spacial score (nSPS) is 10.9. The van der Waals surface area contributed by atoms with Crippen LogP contribution in [0.1, 0.15) is 29.9 Å². The summed E-state index contributed by atoms with van der Waals surface area (Å²) in [5.74, 6) is -0.182. The van der Waals surface area contributed by atoms with Crippen LogP contribution in [0.5, 0.6) is 0 Å². The highest BCUT2D eigenvalue weighted by atomic mass is 35.5. The summed E-state index contributed by atoms with van der Waals surface area (Å²) >= 11 is 6.18. The van der Waals surface area contributed by atoms with Gasteiger partial charge >= 0.3 is 5.97 Å². The first-order valence-corrected chi connectivity index (χ1v) is 8.33. The Balaban J connectivity index is 2.07. The van der Waals surface area contributed by atoms with Crippen LogP contribution in [0.2, 0.25) is 5.02 Å². The molecule has 0 aliphatic heterocycles. The zero-order valence-electron chi connectivity index (χ0n) is 14.2. The van der Waals surface area contributed by atoms with Gasteiger partial charge in [0.1, 0.15) is 0 Å². The Morgan fingerprint density at radius 1 is 1.12 bits per heavy atom. The number of hydrogen-bond donors (Lipinski definition) is 1. The molecule has 1 N–H and O–H groups in total. The number of hydrogen-bond acceptors (Lipinski definition) is 5. The number of carbonyl (C=O) groups is 1. The molecule has 0 unspecified atom stereocenters. The molecule has 3 aromatic rings. The zero-order chi connectivity index (χ0) is 18.0. The predicted octanol–water partition coefficient (Wildman–Crippen LogP) is 4.90. The molecule has 0 atom stereocenters. The minimum absolute atomic E-state index is 0.143. The monoisotopic (exact) mass is 355 g/mol. The van der Waals surface area contributed by atoms with Crippen LogP contribution in [-0.2, 0) is 4.74 Å². The maximum Gasteiger partial charge on any atom is 0.361 e. The second-order valence-corrected chi connectivity index (χ2v) is 6.36. The van der Waals surface area contributed by atoms with E-state index in [9.17, 15) is 4.79 Å². The van der Waals surface area contributed by atoms with Crippen LogP contribution in [-0.4, -0.2) is 22.0 Å². The highest BCUT2D eigenvalue weighted by Crippen LogP contribution is 2.25. The van der Waals surface area contributed by atoms with Crippen LogP contribution in [0.15, 0.2) is 42.5 Å². The summed E-state index contributed by atoms with van der Waals surface area (Å²) in [5, 5.41) is 3.76. The Morgan fingerprint density at radius 2 is 1.80 bits per heavy atom. The molecule has 0 bridgehead atoms. The Labute approximate surface area is 151 Å². The van der Waals surface area contributed by atoms with Gasteiger partial charge in [-0.1, -0.05) is 29.8 Å². The first-order chi connectivity index (χ1) is 11.9. The third kappa shape index (κ3) is 3.88. The number of benzene rings is 2. The minimum atomic E-state index is -0.519. The lowest BCUT2D eigenvalue weighted by molar-refractivity contribution is 0.0372. The van der Waals surface area contributed by atoms with Crippen LogP contribution < -0.4 is 5.32 Å². The van der Waals surface area contributed by atoms with Crippen LogP contribution in [0.4, 0.5) is 11.5 Å². The molecular formula is C19H18ClN3O2. The van der Waals surface area contributed by atoms with Gasteiger partial charge in [0.25, 0.3) is 0 Å². The molecule has 6 heteroatoms. The van der Waals surface area contributed by atoms with Gasteiger partial charge in [0.2, 0.25) is 0 Å². The highest BCUT2D eigenvalue weighted by molar-refractivity contribution is 6.31. The van der Waals surface area contributed by atoms with E-state index in [0.29, 0.717) is 21.9 Å². The fraction of sp³-hybridized carbons (Fsp3) is 0.211. The average molecular weight is 356 g/mol. The lowest BCUT2D eigenvalue weighted by Gasteiger charge is -2.13. The van der Waals surface area contributed by atoms with Gasteiger partial charge in [-0.2, -0.15) is 0 Å². The molecule has 0 fully saturated rings. The summed E-state index contributed by atoms with van der Waals surface area (Å²) in [4.78, 5) is 21.4. The first-order valence-electron chi connectivity index (χ1n) is 7.95. The van der Waals surface area contributed by atoms with E-state index >= 15 is 0 Å². The van der Waals surface area contributed by atoms with Crippen LogP contribution in [0.3, 0.4) is 0 Å². The molecule has 1 aromatic heterocycles. The van der Waals surface area contributed by atoms with Crippen LogP contribution in [0.25, 0.3) is 11.0 Å². The van der Waals surface area contributed by atoms with E-state index in [4.69, 9.17) is 16.3 Å². The molecule has 0 radical (unpaired) electrons. The molecule has 5 nitrogen and oxygen atoms in total. The summed E-state index contributed by atoms with van der Waals surface area (Å²) in [6.45, 7) is 5.51. The van der Waals surface area contributed by atoms with Gasteiger partial charge in [-0.15, -0.1) is 0 Å². The first kappa shape index (κ1) is 17.2. The second kappa shape index (κ2) is 7.07. The Morgan fingerprint density at radius 3 is 2.44 bits per heavy atom. The van der Waals surface area contributed by atoms with E-state index in [2.05, 4.69) is 15.3 Å². The van der Waals surface area contributed by atoms with Gasteiger partial charge in [-0.3, -0.25) is 0 Å². The number of ether oxygens (including phenoxy) is 1. The number of anilines is 2. The Hall–Kier alpha value is -2.66. The molecule has 3 rings (SSSR count). The zero-order valence-corrected chi connectivity index (χ0v) is 15.0. The molecule has 128 valence electrons. The maximum atomic E-state index is 12.4. The molecule has 0 aliphatic rings. The summed E-state index contributed by atoms with van der Waals surface area (Å²) in [5.41, 5.74) is 3.15. The van der Waals surface area contributed by atoms with Gasteiger partial charge in [-0.05, 0) is 50.6 Å². The van der Waals surface area contributed by atoms with Crippen molar-refractivity contribution in [3.63, 3.8) is 0 Å². The average Bonchev–Trinajstić information content (AvgIpc) is 2.57. The standard InChI is InChI=1S/C19H18ClN3O2/c1-11(2)25-19(24)17-18(21-13-9-8-12(3)14(20)10-13)23-16-7-5-4-6-15(16)22-17/h4-11H,1-3H3,(H,21,23). The smallest absolute Gasteiger partial charge is 0.361 e. The molecule has 25 heavy (non-hydrogen) atoms. The van der Waals surface area contributed by atoms with E-state index in [-0.39, 0.29) is 11.8 Å². The summed E-state index contributed by atoms with van der Waals surface area (Å²) in [7, 11) is 0. The molecule has 0 saturated carbocycles. The fourth-order valence-electron chi connectivity index (χ4n) is 2.31. The molecule has 1 heterocycles. The van der Waals surface area contributed by atoms with Crippen molar-refractivity contribution in [2.75, 3.05) is 5.32 Å². The lowest BCUT2D eigenvalue weighted by atomic mass is 10.2. The van der Waals surface area contributed by atoms with E-state index in [1.807, 2.05) is 37.3 Å². The van der Waals surface area contributed by atoms with Gasteiger partial charge in [0.05, 0.1) is 17.1 Å². The topological polar surface area (TPSA) is 64.1 Å². The Kier molecular flexibility index (Phi) is 4.86. The van der Waals surface area contributed by atoms with Crippen molar-refractivity contribution in [1.29, 1.82) is 0 Å². The maximum absolute atomic E-state index is 12.4. The lowest BCUT2D eigenvalue weighted by Crippen LogP contribution is -2.16. The van der Waals surface area contributed by atoms with E-state index in [1.165, 1.54) is 0 Å². The number of para-hydroxylation sites is 2. The fourth-order valence-corrected chi connectivity index (χ4v) is 2.49. The second-order valence-electron chi connectivity index (χ2n) is 5.95. The number of esters is 1.